The van der Waals surface area contributed by atoms with Crippen LogP contribution in [0.25, 0.3) is 10.9 Å². The van der Waals surface area contributed by atoms with Crippen LogP contribution in [0, 0.1) is 5.92 Å². The summed E-state index contributed by atoms with van der Waals surface area (Å²) >= 11 is 6.03. The van der Waals surface area contributed by atoms with E-state index >= 15 is 0 Å². The van der Waals surface area contributed by atoms with Gasteiger partial charge in [-0.05, 0) is 43.0 Å². The van der Waals surface area contributed by atoms with E-state index in [1.807, 2.05) is 12.1 Å². The van der Waals surface area contributed by atoms with E-state index in [0.717, 1.165) is 17.5 Å². The Morgan fingerprint density at radius 3 is 2.76 bits per heavy atom. The average Bonchev–Trinajstić information content (AvgIpc) is 2.60. The molecule has 90 valence electrons. The van der Waals surface area contributed by atoms with Crippen molar-refractivity contribution < 1.29 is 0 Å². The van der Waals surface area contributed by atoms with Crippen molar-refractivity contribution in [3.05, 3.63) is 35.0 Å². The van der Waals surface area contributed by atoms with E-state index in [0.29, 0.717) is 6.54 Å². The summed E-state index contributed by atoms with van der Waals surface area (Å²) in [6.07, 6.45) is 4.10. The van der Waals surface area contributed by atoms with Crippen molar-refractivity contribution in [3.63, 3.8) is 0 Å². The monoisotopic (exact) mass is 248 g/mol. The third-order valence-electron chi connectivity index (χ3n) is 3.82. The van der Waals surface area contributed by atoms with Gasteiger partial charge < -0.3 is 10.3 Å². The number of hydrogen-bond acceptors (Lipinski definition) is 1. The van der Waals surface area contributed by atoms with Crippen LogP contribution in [0.15, 0.2) is 24.3 Å². The molecule has 1 aromatic carbocycles. The lowest BCUT2D eigenvalue weighted by Gasteiger charge is -2.27. The Balaban J connectivity index is 2.05. The van der Waals surface area contributed by atoms with E-state index in [1.165, 1.54) is 35.9 Å². The van der Waals surface area contributed by atoms with Crippen LogP contribution in [0.3, 0.4) is 0 Å². The number of halogens is 1. The van der Waals surface area contributed by atoms with Gasteiger partial charge in [0.15, 0.2) is 0 Å². The first-order chi connectivity index (χ1) is 8.28. The Labute approximate surface area is 106 Å². The Hall–Kier alpha value is -0.990. The molecule has 0 amide bonds. The molecule has 3 heteroatoms. The maximum atomic E-state index is 6.03. The smallest absolute Gasteiger partial charge is 0.0484 e. The fourth-order valence-electron chi connectivity index (χ4n) is 2.62. The number of nitrogens with two attached hydrogens (primary N) is 1. The molecular weight excluding hydrogens is 232 g/mol. The zero-order valence-electron chi connectivity index (χ0n) is 9.82. The summed E-state index contributed by atoms with van der Waals surface area (Å²) in [7, 11) is 0. The number of aromatic nitrogens is 1. The van der Waals surface area contributed by atoms with Gasteiger partial charge in [0.25, 0.3) is 0 Å². The highest BCUT2D eigenvalue weighted by Crippen LogP contribution is 2.31. The van der Waals surface area contributed by atoms with Gasteiger partial charge in [0.1, 0.15) is 0 Å². The topological polar surface area (TPSA) is 30.9 Å². The first-order valence-electron chi connectivity index (χ1n) is 6.25. The zero-order valence-corrected chi connectivity index (χ0v) is 10.6. The first-order valence-corrected chi connectivity index (χ1v) is 6.63. The van der Waals surface area contributed by atoms with E-state index < -0.39 is 0 Å². The van der Waals surface area contributed by atoms with Gasteiger partial charge in [0.05, 0.1) is 0 Å². The van der Waals surface area contributed by atoms with E-state index in [9.17, 15) is 0 Å². The lowest BCUT2D eigenvalue weighted by Crippen LogP contribution is -2.20. The van der Waals surface area contributed by atoms with Gasteiger partial charge >= 0.3 is 0 Å². The van der Waals surface area contributed by atoms with E-state index in [2.05, 4.69) is 16.7 Å². The van der Waals surface area contributed by atoms with Crippen molar-refractivity contribution in [2.75, 3.05) is 0 Å². The number of benzene rings is 1. The minimum Gasteiger partial charge on any atom is -0.343 e. The Bertz CT molecular complexity index is 540. The number of fused-ring (bicyclic) bond motifs is 1. The van der Waals surface area contributed by atoms with Crippen molar-refractivity contribution in [1.29, 1.82) is 0 Å². The Kier molecular flexibility index (Phi) is 2.85. The largest absolute Gasteiger partial charge is 0.343 e. The summed E-state index contributed by atoms with van der Waals surface area (Å²) in [5, 5.41) is 2.00. The van der Waals surface area contributed by atoms with Gasteiger partial charge in [0, 0.05) is 34.7 Å². The van der Waals surface area contributed by atoms with Gasteiger partial charge in [-0.15, -0.1) is 0 Å². The lowest BCUT2D eigenvalue weighted by atomic mass is 9.85. The second-order valence-electron chi connectivity index (χ2n) is 4.95. The molecule has 17 heavy (non-hydrogen) atoms. The van der Waals surface area contributed by atoms with Crippen LogP contribution < -0.4 is 5.73 Å². The third kappa shape index (κ3) is 1.96. The summed E-state index contributed by atoms with van der Waals surface area (Å²) in [5.41, 5.74) is 8.32. The van der Waals surface area contributed by atoms with Gasteiger partial charge in [-0.2, -0.15) is 0 Å². The van der Waals surface area contributed by atoms with E-state index in [1.54, 1.807) is 0 Å². The molecule has 0 saturated heterocycles. The molecule has 1 fully saturated rings. The van der Waals surface area contributed by atoms with Crippen LogP contribution in [-0.2, 0) is 13.1 Å². The molecule has 0 atom stereocenters. The highest BCUT2D eigenvalue weighted by atomic mass is 35.5. The number of nitrogens with zero attached hydrogens (tertiary/aromatic N) is 1. The first kappa shape index (κ1) is 11.1. The standard InChI is InChI=1S/C14H17ClN2/c15-12-4-5-14-11(6-12)7-13(8-16)17(14)9-10-2-1-3-10/h4-7,10H,1-3,8-9,16H2. The van der Waals surface area contributed by atoms with Crippen LogP contribution in [0.2, 0.25) is 5.02 Å². The fourth-order valence-corrected chi connectivity index (χ4v) is 2.80. The molecule has 0 bridgehead atoms. The van der Waals surface area contributed by atoms with Crippen LogP contribution >= 0.6 is 11.6 Å². The minimum absolute atomic E-state index is 0.596. The second-order valence-corrected chi connectivity index (χ2v) is 5.39. The van der Waals surface area contributed by atoms with Crippen molar-refractivity contribution in [2.24, 2.45) is 11.7 Å². The molecule has 0 aliphatic heterocycles. The highest BCUT2D eigenvalue weighted by molar-refractivity contribution is 6.31. The minimum atomic E-state index is 0.596. The molecule has 2 nitrogen and oxygen atoms in total. The average molecular weight is 249 g/mol. The van der Waals surface area contributed by atoms with Crippen LogP contribution in [0.5, 0.6) is 0 Å². The summed E-state index contributed by atoms with van der Waals surface area (Å²) in [6.45, 7) is 1.71. The summed E-state index contributed by atoms with van der Waals surface area (Å²) < 4.78 is 2.37. The molecule has 0 unspecified atom stereocenters. The van der Waals surface area contributed by atoms with E-state index in [-0.39, 0.29) is 0 Å². The summed E-state index contributed by atoms with van der Waals surface area (Å²) in [4.78, 5) is 0. The molecule has 2 N–H and O–H groups in total. The number of rotatable bonds is 3. The molecule has 0 radical (unpaired) electrons. The van der Waals surface area contributed by atoms with Crippen molar-refractivity contribution in [3.8, 4) is 0 Å². The second kappa shape index (κ2) is 4.35. The summed E-state index contributed by atoms with van der Waals surface area (Å²) in [5.74, 6) is 0.839. The van der Waals surface area contributed by atoms with Gasteiger partial charge in [0.2, 0.25) is 0 Å². The van der Waals surface area contributed by atoms with Crippen molar-refractivity contribution in [1.82, 2.24) is 4.57 Å². The van der Waals surface area contributed by atoms with Crippen LogP contribution in [0.4, 0.5) is 0 Å². The fraction of sp³-hybridized carbons (Fsp3) is 0.429. The van der Waals surface area contributed by atoms with Crippen LogP contribution in [0.1, 0.15) is 25.0 Å². The molecule has 2 aromatic rings. The van der Waals surface area contributed by atoms with Gasteiger partial charge in [-0.1, -0.05) is 18.0 Å². The molecule has 1 aliphatic carbocycles. The number of hydrogen-bond donors (Lipinski definition) is 1. The molecule has 1 saturated carbocycles. The predicted octanol–water partition coefficient (Wildman–Crippen LogP) is 3.55. The van der Waals surface area contributed by atoms with Crippen molar-refractivity contribution in [2.45, 2.75) is 32.4 Å². The summed E-state index contributed by atoms with van der Waals surface area (Å²) in [6, 6.07) is 8.25. The highest BCUT2D eigenvalue weighted by Gasteiger charge is 2.19. The van der Waals surface area contributed by atoms with Crippen molar-refractivity contribution >= 4 is 22.5 Å². The molecule has 1 aromatic heterocycles. The molecule has 3 rings (SSSR count). The normalized spacial score (nSPS) is 16.4. The molecule has 1 aliphatic rings. The third-order valence-corrected chi connectivity index (χ3v) is 4.06. The molecular formula is C14H17ClN2. The Morgan fingerprint density at radius 1 is 1.29 bits per heavy atom. The van der Waals surface area contributed by atoms with Gasteiger partial charge in [-0.25, -0.2) is 0 Å². The van der Waals surface area contributed by atoms with Crippen LogP contribution in [-0.4, -0.2) is 4.57 Å². The maximum Gasteiger partial charge on any atom is 0.0484 e. The quantitative estimate of drug-likeness (QED) is 0.885. The SMILES string of the molecule is NCc1cc2cc(Cl)ccc2n1CC1CCC1. The lowest BCUT2D eigenvalue weighted by molar-refractivity contribution is 0.277. The maximum absolute atomic E-state index is 6.03. The Morgan fingerprint density at radius 2 is 2.12 bits per heavy atom. The zero-order chi connectivity index (χ0) is 11.8. The molecule has 1 heterocycles. The van der Waals surface area contributed by atoms with Gasteiger partial charge in [-0.3, -0.25) is 0 Å². The predicted molar refractivity (Wildman–Crippen MR) is 72.2 cm³/mol. The molecule has 0 spiro atoms. The van der Waals surface area contributed by atoms with E-state index in [4.69, 9.17) is 17.3 Å².